The molecule has 0 fully saturated rings. The molecule has 1 atom stereocenters. The van der Waals surface area contributed by atoms with E-state index in [4.69, 9.17) is 74.3 Å². The minimum atomic E-state index is -1.93. The maximum absolute atomic E-state index is 9.54. The predicted molar refractivity (Wildman–Crippen MR) is 92.7 cm³/mol. The number of alkyl halides is 6. The molecule has 0 amide bonds. The minimum Gasteiger partial charge on any atom is -0.462 e. The summed E-state index contributed by atoms with van der Waals surface area (Å²) in [4.78, 5) is 13.4. The molecular weight excluding hydrogens is 433 g/mol. The summed E-state index contributed by atoms with van der Waals surface area (Å²) in [5, 5.41) is 9.54. The van der Waals surface area contributed by atoms with Gasteiger partial charge in [-0.2, -0.15) is 9.97 Å². The summed E-state index contributed by atoms with van der Waals surface area (Å²) in [6.07, 6.45) is -0.615. The minimum absolute atomic E-state index is 0.149. The molecule has 1 aromatic rings. The zero-order valence-corrected chi connectivity index (χ0v) is 16.6. The Hall–Kier alpha value is 0.470. The Morgan fingerprint density at radius 1 is 1.04 bits per heavy atom. The van der Waals surface area contributed by atoms with E-state index in [2.05, 4.69) is 15.0 Å². The van der Waals surface area contributed by atoms with Crippen molar-refractivity contribution in [2.24, 2.45) is 0 Å². The monoisotopic (exact) mass is 444 g/mol. The molecule has 0 bridgehead atoms. The second kappa shape index (κ2) is 8.72. The van der Waals surface area contributed by atoms with Gasteiger partial charge in [0.15, 0.2) is 11.6 Å². The second-order valence-corrected chi connectivity index (χ2v) is 8.93. The van der Waals surface area contributed by atoms with E-state index in [-0.39, 0.29) is 24.3 Å². The van der Waals surface area contributed by atoms with Crippen LogP contribution in [0.25, 0.3) is 0 Å². The number of rotatable bonds is 6. The number of aliphatic hydroxyl groups is 1. The van der Waals surface area contributed by atoms with Crippen molar-refractivity contribution in [3.8, 4) is 6.01 Å². The average Bonchev–Trinajstić information content (AvgIpc) is 2.41. The standard InChI is InChI=1S/C11H14Cl6N4O2/c1-3-21(6(2)22)4-5-23-9-19-7(10(12,13)14)18-8(20-9)11(15,16)17/h6,22H,3-5H2,1-2H3. The first-order chi connectivity index (χ1) is 10.4. The van der Waals surface area contributed by atoms with Crippen LogP contribution in [0.2, 0.25) is 0 Å². The van der Waals surface area contributed by atoms with E-state index in [1.165, 1.54) is 0 Å². The zero-order chi connectivity index (χ0) is 17.8. The van der Waals surface area contributed by atoms with Gasteiger partial charge in [0.1, 0.15) is 12.8 Å². The van der Waals surface area contributed by atoms with Crippen LogP contribution in [-0.2, 0) is 7.59 Å². The summed E-state index contributed by atoms with van der Waals surface area (Å²) in [6.45, 7) is 4.77. The highest BCUT2D eigenvalue weighted by Crippen LogP contribution is 2.40. The predicted octanol–water partition coefficient (Wildman–Crippen LogP) is 3.56. The lowest BCUT2D eigenvalue weighted by atomic mass is 10.4. The normalized spacial score (nSPS) is 14.2. The largest absolute Gasteiger partial charge is 0.462 e. The quantitative estimate of drug-likeness (QED) is 0.532. The highest BCUT2D eigenvalue weighted by atomic mass is 35.6. The number of likely N-dealkylation sites (N-methyl/N-ethyl adjacent to an activating group) is 1. The van der Waals surface area contributed by atoms with Crippen molar-refractivity contribution in [1.29, 1.82) is 0 Å². The van der Waals surface area contributed by atoms with Crippen molar-refractivity contribution in [3.63, 3.8) is 0 Å². The number of nitrogens with zero attached hydrogens (tertiary/aromatic N) is 4. The maximum Gasteiger partial charge on any atom is 0.320 e. The Morgan fingerprint density at radius 3 is 1.87 bits per heavy atom. The maximum atomic E-state index is 9.54. The van der Waals surface area contributed by atoms with E-state index >= 15 is 0 Å². The molecule has 0 aliphatic heterocycles. The first kappa shape index (κ1) is 21.5. The molecule has 1 rings (SSSR count). The van der Waals surface area contributed by atoms with E-state index in [0.29, 0.717) is 13.1 Å². The third kappa shape index (κ3) is 7.08. The van der Waals surface area contributed by atoms with Gasteiger partial charge >= 0.3 is 6.01 Å². The summed E-state index contributed by atoms with van der Waals surface area (Å²) < 4.78 is 1.53. The number of aromatic nitrogens is 3. The van der Waals surface area contributed by atoms with Gasteiger partial charge < -0.3 is 9.84 Å². The van der Waals surface area contributed by atoms with Gasteiger partial charge in [0, 0.05) is 6.54 Å². The molecule has 1 N–H and O–H groups in total. The molecule has 23 heavy (non-hydrogen) atoms. The molecule has 0 saturated carbocycles. The first-order valence-electron chi connectivity index (χ1n) is 6.40. The third-order valence-electron chi connectivity index (χ3n) is 2.67. The highest BCUT2D eigenvalue weighted by Gasteiger charge is 2.34. The van der Waals surface area contributed by atoms with Crippen molar-refractivity contribution < 1.29 is 9.84 Å². The molecule has 0 radical (unpaired) electrons. The van der Waals surface area contributed by atoms with Crippen LogP contribution >= 0.6 is 69.6 Å². The SMILES string of the molecule is CCN(CCOc1nc(C(Cl)(Cl)Cl)nc(C(Cl)(Cl)Cl)n1)C(C)O. The fraction of sp³-hybridized carbons (Fsp3) is 0.727. The van der Waals surface area contributed by atoms with Crippen LogP contribution in [0.4, 0.5) is 0 Å². The zero-order valence-electron chi connectivity index (χ0n) is 12.1. The van der Waals surface area contributed by atoms with E-state index in [1.54, 1.807) is 11.8 Å². The van der Waals surface area contributed by atoms with Crippen LogP contribution in [0.15, 0.2) is 0 Å². The van der Waals surface area contributed by atoms with Crippen molar-refractivity contribution in [2.75, 3.05) is 19.7 Å². The Morgan fingerprint density at radius 2 is 1.52 bits per heavy atom. The molecule has 0 aliphatic rings. The summed E-state index contributed by atoms with van der Waals surface area (Å²) in [6, 6.07) is -0.149. The van der Waals surface area contributed by atoms with Crippen LogP contribution in [0, 0.1) is 0 Å². The molecule has 0 aromatic carbocycles. The Balaban J connectivity index is 2.93. The first-order valence-corrected chi connectivity index (χ1v) is 8.67. The molecule has 6 nitrogen and oxygen atoms in total. The topological polar surface area (TPSA) is 71.4 Å². The fourth-order valence-electron chi connectivity index (χ4n) is 1.54. The van der Waals surface area contributed by atoms with Gasteiger partial charge in [-0.15, -0.1) is 0 Å². The summed E-state index contributed by atoms with van der Waals surface area (Å²) >= 11 is 34.5. The Bertz CT molecular complexity index is 488. The fourth-order valence-corrected chi connectivity index (χ4v) is 2.05. The second-order valence-electron chi connectivity index (χ2n) is 4.37. The lowest BCUT2D eigenvalue weighted by Gasteiger charge is -2.23. The van der Waals surface area contributed by atoms with E-state index in [0.717, 1.165) is 0 Å². The Kier molecular flexibility index (Phi) is 8.15. The van der Waals surface area contributed by atoms with Gasteiger partial charge in [-0.25, -0.2) is 4.98 Å². The lowest BCUT2D eigenvalue weighted by Crippen LogP contribution is -2.36. The van der Waals surface area contributed by atoms with Crippen molar-refractivity contribution in [3.05, 3.63) is 11.6 Å². The van der Waals surface area contributed by atoms with Crippen molar-refractivity contribution >= 4 is 69.6 Å². The summed E-state index contributed by atoms with van der Waals surface area (Å²) in [5.74, 6) is -0.451. The van der Waals surface area contributed by atoms with Crippen molar-refractivity contribution in [2.45, 2.75) is 27.7 Å². The van der Waals surface area contributed by atoms with Gasteiger partial charge in [-0.1, -0.05) is 76.5 Å². The molecular formula is C11H14Cl6N4O2. The number of ether oxygens (including phenoxy) is 1. The average molecular weight is 447 g/mol. The van der Waals surface area contributed by atoms with Gasteiger partial charge in [-0.05, 0) is 13.5 Å². The number of hydrogen-bond donors (Lipinski definition) is 1. The number of aliphatic hydroxyl groups excluding tert-OH is 1. The third-order valence-corrected chi connectivity index (χ3v) is 3.68. The molecule has 0 saturated heterocycles. The molecule has 12 heteroatoms. The molecule has 1 heterocycles. The van der Waals surface area contributed by atoms with Crippen LogP contribution in [-0.4, -0.2) is 50.9 Å². The lowest BCUT2D eigenvalue weighted by molar-refractivity contribution is 0.0137. The molecule has 0 aliphatic carbocycles. The molecule has 132 valence electrons. The smallest absolute Gasteiger partial charge is 0.320 e. The summed E-state index contributed by atoms with van der Waals surface area (Å²) in [7, 11) is 0. The van der Waals surface area contributed by atoms with E-state index in [9.17, 15) is 5.11 Å². The summed E-state index contributed by atoms with van der Waals surface area (Å²) in [5.41, 5.74) is 0. The van der Waals surface area contributed by atoms with Crippen LogP contribution in [0.1, 0.15) is 25.5 Å². The molecule has 1 unspecified atom stereocenters. The van der Waals surface area contributed by atoms with Crippen molar-refractivity contribution in [1.82, 2.24) is 19.9 Å². The number of halogens is 6. The van der Waals surface area contributed by atoms with Gasteiger partial charge in [0.05, 0.1) is 0 Å². The molecule has 0 spiro atoms. The van der Waals surface area contributed by atoms with Crippen LogP contribution in [0.3, 0.4) is 0 Å². The Labute approximate surface area is 163 Å². The van der Waals surface area contributed by atoms with Gasteiger partial charge in [0.2, 0.25) is 7.59 Å². The van der Waals surface area contributed by atoms with Crippen LogP contribution < -0.4 is 4.74 Å². The van der Waals surface area contributed by atoms with E-state index in [1.807, 2.05) is 6.92 Å². The van der Waals surface area contributed by atoms with Crippen LogP contribution in [0.5, 0.6) is 6.01 Å². The van der Waals surface area contributed by atoms with E-state index < -0.39 is 13.8 Å². The van der Waals surface area contributed by atoms with Gasteiger partial charge in [0.25, 0.3) is 0 Å². The number of hydrogen-bond acceptors (Lipinski definition) is 6. The van der Waals surface area contributed by atoms with Gasteiger partial charge in [-0.3, -0.25) is 4.90 Å². The highest BCUT2D eigenvalue weighted by molar-refractivity contribution is 6.67. The molecule has 1 aromatic heterocycles.